The van der Waals surface area contributed by atoms with Gasteiger partial charge in [-0.25, -0.2) is 0 Å². The normalized spacial score (nSPS) is 10.1. The van der Waals surface area contributed by atoms with E-state index in [1.165, 1.54) is 3.57 Å². The quantitative estimate of drug-likeness (QED) is 0.563. The summed E-state index contributed by atoms with van der Waals surface area (Å²) >= 11 is 7.75. The fourth-order valence-electron chi connectivity index (χ4n) is 2.19. The molecule has 0 aliphatic carbocycles. The highest BCUT2D eigenvalue weighted by molar-refractivity contribution is 14.1. The largest absolute Gasteiger partial charge is 0.497 e. The average molecular weight is 442 g/mol. The van der Waals surface area contributed by atoms with Crippen LogP contribution in [0.5, 0.6) is 11.5 Å². The molecule has 0 unspecified atom stereocenters. The van der Waals surface area contributed by atoms with Crippen molar-refractivity contribution in [3.05, 3.63) is 51.6 Å². The van der Waals surface area contributed by atoms with Crippen LogP contribution >= 0.6 is 34.8 Å². The standard InChI is InChI=1S/C17H19IN2O2S/c1-19-17(23)20(14-7-5-13(18)6-8-14)11-12-4-9-15(21-2)10-16(12)22-3/h4-10H,11H2,1-3H3,(H,19,23). The highest BCUT2D eigenvalue weighted by atomic mass is 127. The number of rotatable bonds is 5. The number of anilines is 1. The molecule has 0 spiro atoms. The van der Waals surface area contributed by atoms with E-state index < -0.39 is 0 Å². The van der Waals surface area contributed by atoms with Crippen molar-refractivity contribution in [3.8, 4) is 11.5 Å². The van der Waals surface area contributed by atoms with Crippen LogP contribution in [-0.4, -0.2) is 26.4 Å². The second-order valence-corrected chi connectivity index (χ2v) is 6.43. The highest BCUT2D eigenvalue weighted by Crippen LogP contribution is 2.28. The van der Waals surface area contributed by atoms with E-state index in [4.69, 9.17) is 21.7 Å². The molecule has 23 heavy (non-hydrogen) atoms. The van der Waals surface area contributed by atoms with E-state index in [0.29, 0.717) is 11.7 Å². The predicted octanol–water partition coefficient (Wildman–Crippen LogP) is 3.82. The van der Waals surface area contributed by atoms with Crippen molar-refractivity contribution in [1.82, 2.24) is 5.32 Å². The molecule has 1 N–H and O–H groups in total. The van der Waals surface area contributed by atoms with Gasteiger partial charge in [0.25, 0.3) is 0 Å². The van der Waals surface area contributed by atoms with Crippen LogP contribution in [0.3, 0.4) is 0 Å². The van der Waals surface area contributed by atoms with E-state index in [1.54, 1.807) is 14.2 Å². The van der Waals surface area contributed by atoms with E-state index in [1.807, 2.05) is 30.1 Å². The lowest BCUT2D eigenvalue weighted by Gasteiger charge is -2.26. The fraction of sp³-hybridized carbons (Fsp3) is 0.235. The topological polar surface area (TPSA) is 33.7 Å². The lowest BCUT2D eigenvalue weighted by molar-refractivity contribution is 0.391. The maximum atomic E-state index is 5.49. The van der Waals surface area contributed by atoms with E-state index >= 15 is 0 Å². The van der Waals surface area contributed by atoms with Gasteiger partial charge in [-0.2, -0.15) is 0 Å². The van der Waals surface area contributed by atoms with Gasteiger partial charge >= 0.3 is 0 Å². The number of benzene rings is 2. The Morgan fingerprint density at radius 1 is 1.13 bits per heavy atom. The Morgan fingerprint density at radius 2 is 1.83 bits per heavy atom. The molecule has 4 nitrogen and oxygen atoms in total. The van der Waals surface area contributed by atoms with E-state index in [-0.39, 0.29) is 0 Å². The Hall–Kier alpha value is -1.54. The molecule has 0 aliphatic heterocycles. The first-order valence-corrected chi connectivity index (χ1v) is 8.53. The maximum Gasteiger partial charge on any atom is 0.173 e. The number of ether oxygens (including phenoxy) is 2. The zero-order chi connectivity index (χ0) is 16.8. The van der Waals surface area contributed by atoms with Crippen LogP contribution in [0.1, 0.15) is 5.56 Å². The van der Waals surface area contributed by atoms with Crippen molar-refractivity contribution >= 4 is 45.6 Å². The molecule has 122 valence electrons. The molecule has 0 saturated carbocycles. The number of methoxy groups -OCH3 is 2. The van der Waals surface area contributed by atoms with Crippen molar-refractivity contribution in [2.45, 2.75) is 6.54 Å². The first-order valence-electron chi connectivity index (χ1n) is 7.04. The van der Waals surface area contributed by atoms with Crippen molar-refractivity contribution in [3.63, 3.8) is 0 Å². The summed E-state index contributed by atoms with van der Waals surface area (Å²) in [5.41, 5.74) is 2.06. The molecule has 0 heterocycles. The van der Waals surface area contributed by atoms with Gasteiger partial charge in [-0.3, -0.25) is 0 Å². The van der Waals surface area contributed by atoms with Crippen LogP contribution in [0, 0.1) is 3.57 Å². The van der Waals surface area contributed by atoms with Gasteiger partial charge in [0, 0.05) is 27.9 Å². The first kappa shape index (κ1) is 17.8. The summed E-state index contributed by atoms with van der Waals surface area (Å²) in [6.07, 6.45) is 0. The van der Waals surface area contributed by atoms with Gasteiger partial charge in [-0.15, -0.1) is 0 Å². The van der Waals surface area contributed by atoms with Crippen LogP contribution < -0.4 is 19.7 Å². The van der Waals surface area contributed by atoms with Gasteiger partial charge < -0.3 is 19.7 Å². The third kappa shape index (κ3) is 4.48. The molecule has 2 aromatic carbocycles. The van der Waals surface area contributed by atoms with Crippen molar-refractivity contribution in [2.24, 2.45) is 0 Å². The van der Waals surface area contributed by atoms with Gasteiger partial charge in [0.2, 0.25) is 0 Å². The maximum absolute atomic E-state index is 5.49. The minimum atomic E-state index is 0.605. The summed E-state index contributed by atoms with van der Waals surface area (Å²) in [4.78, 5) is 2.04. The summed E-state index contributed by atoms with van der Waals surface area (Å²) < 4.78 is 11.9. The number of nitrogens with one attached hydrogen (secondary N) is 1. The van der Waals surface area contributed by atoms with E-state index in [2.05, 4.69) is 52.2 Å². The molecular weight excluding hydrogens is 423 g/mol. The SMILES string of the molecule is CNC(=S)N(Cc1ccc(OC)cc1OC)c1ccc(I)cc1. The molecule has 0 atom stereocenters. The second-order valence-electron chi connectivity index (χ2n) is 4.80. The minimum Gasteiger partial charge on any atom is -0.497 e. The monoisotopic (exact) mass is 442 g/mol. The summed E-state index contributed by atoms with van der Waals surface area (Å²) in [6.45, 7) is 0.605. The van der Waals surface area contributed by atoms with E-state index in [9.17, 15) is 0 Å². The molecule has 2 rings (SSSR count). The van der Waals surface area contributed by atoms with Gasteiger partial charge in [-0.1, -0.05) is 0 Å². The summed E-state index contributed by atoms with van der Waals surface area (Å²) in [7, 11) is 5.12. The minimum absolute atomic E-state index is 0.605. The summed E-state index contributed by atoms with van der Waals surface area (Å²) in [5.74, 6) is 1.54. The third-order valence-corrected chi connectivity index (χ3v) is 4.56. The lowest BCUT2D eigenvalue weighted by Crippen LogP contribution is -2.37. The molecular formula is C17H19IN2O2S. The third-order valence-electron chi connectivity index (χ3n) is 3.42. The number of thiocarbonyl (C=S) groups is 1. The molecule has 0 amide bonds. The Bertz CT molecular complexity index is 677. The highest BCUT2D eigenvalue weighted by Gasteiger charge is 2.15. The lowest BCUT2D eigenvalue weighted by atomic mass is 10.1. The molecule has 0 radical (unpaired) electrons. The van der Waals surface area contributed by atoms with Gasteiger partial charge in [0.15, 0.2) is 5.11 Å². The zero-order valence-corrected chi connectivity index (χ0v) is 16.3. The first-order chi connectivity index (χ1) is 11.1. The second kappa shape index (κ2) is 8.35. The number of halogens is 1. The van der Waals surface area contributed by atoms with Crippen LogP contribution in [0.25, 0.3) is 0 Å². The molecule has 0 bridgehead atoms. The van der Waals surface area contributed by atoms with Gasteiger partial charge in [0.05, 0.1) is 20.8 Å². The predicted molar refractivity (Wildman–Crippen MR) is 107 cm³/mol. The van der Waals surface area contributed by atoms with Crippen LogP contribution in [0.15, 0.2) is 42.5 Å². The van der Waals surface area contributed by atoms with Crippen molar-refractivity contribution in [2.75, 3.05) is 26.2 Å². The van der Waals surface area contributed by atoms with Crippen molar-refractivity contribution in [1.29, 1.82) is 0 Å². The number of nitrogens with zero attached hydrogens (tertiary/aromatic N) is 1. The Kier molecular flexibility index (Phi) is 6.47. The van der Waals surface area contributed by atoms with Crippen LogP contribution in [-0.2, 0) is 6.54 Å². The summed E-state index contributed by atoms with van der Waals surface area (Å²) in [5, 5.41) is 3.70. The smallest absolute Gasteiger partial charge is 0.173 e. The molecule has 0 aromatic heterocycles. The molecule has 0 fully saturated rings. The Labute approximate surface area is 155 Å². The van der Waals surface area contributed by atoms with Gasteiger partial charge in [0.1, 0.15) is 11.5 Å². The summed E-state index contributed by atoms with van der Waals surface area (Å²) in [6, 6.07) is 14.0. The van der Waals surface area contributed by atoms with E-state index in [0.717, 1.165) is 22.7 Å². The Balaban J connectivity index is 2.35. The Morgan fingerprint density at radius 3 is 2.39 bits per heavy atom. The average Bonchev–Trinajstić information content (AvgIpc) is 2.59. The number of hydrogen-bond donors (Lipinski definition) is 1. The number of hydrogen-bond acceptors (Lipinski definition) is 3. The molecule has 0 saturated heterocycles. The zero-order valence-electron chi connectivity index (χ0n) is 13.3. The van der Waals surface area contributed by atoms with Crippen LogP contribution in [0.2, 0.25) is 0 Å². The van der Waals surface area contributed by atoms with Crippen molar-refractivity contribution < 1.29 is 9.47 Å². The fourth-order valence-corrected chi connectivity index (χ4v) is 2.72. The molecule has 2 aromatic rings. The van der Waals surface area contributed by atoms with Gasteiger partial charge in [-0.05, 0) is 71.2 Å². The molecule has 0 aliphatic rings. The van der Waals surface area contributed by atoms with Crippen LogP contribution in [0.4, 0.5) is 5.69 Å². The molecule has 6 heteroatoms.